The molecule has 1 aliphatic rings. The zero-order valence-electron chi connectivity index (χ0n) is 17.4. The number of carbonyl (C=O) groups is 2. The first-order valence-electron chi connectivity index (χ1n) is 10.1. The van der Waals surface area contributed by atoms with Crippen molar-refractivity contribution in [3.63, 3.8) is 0 Å². The molecule has 0 saturated carbocycles. The molecule has 0 radical (unpaired) electrons. The molecular weight excluding hydrogens is 406 g/mol. The highest BCUT2D eigenvalue weighted by Gasteiger charge is 2.35. The van der Waals surface area contributed by atoms with E-state index >= 15 is 0 Å². The van der Waals surface area contributed by atoms with Gasteiger partial charge in [0, 0.05) is 25.3 Å². The van der Waals surface area contributed by atoms with E-state index in [2.05, 4.69) is 5.32 Å². The van der Waals surface area contributed by atoms with Gasteiger partial charge in [0.25, 0.3) is 5.91 Å². The normalized spacial score (nSPS) is 16.8. The summed E-state index contributed by atoms with van der Waals surface area (Å²) in [5.74, 6) is -0.480. The minimum atomic E-state index is -3.66. The fourth-order valence-corrected chi connectivity index (χ4v) is 5.42. The summed E-state index contributed by atoms with van der Waals surface area (Å²) in [5, 5.41) is 2.78. The predicted molar refractivity (Wildman–Crippen MR) is 113 cm³/mol. The van der Waals surface area contributed by atoms with Crippen LogP contribution in [0, 0.1) is 6.92 Å². The average Bonchev–Trinajstić information content (AvgIpc) is 3.41. The van der Waals surface area contributed by atoms with Crippen LogP contribution in [0.5, 0.6) is 0 Å². The molecule has 1 aliphatic heterocycles. The van der Waals surface area contributed by atoms with Gasteiger partial charge in [-0.1, -0.05) is 19.9 Å². The number of furan rings is 1. The molecule has 9 heteroatoms. The molecule has 8 nitrogen and oxygen atoms in total. The third kappa shape index (κ3) is 4.27. The van der Waals surface area contributed by atoms with Gasteiger partial charge >= 0.3 is 0 Å². The maximum absolute atomic E-state index is 12.9. The molecule has 1 aromatic heterocycles. The monoisotopic (exact) mass is 433 g/mol. The number of aryl methyl sites for hydroxylation is 1. The Labute approximate surface area is 176 Å². The minimum absolute atomic E-state index is 0.166. The van der Waals surface area contributed by atoms with Crippen molar-refractivity contribution in [1.82, 2.24) is 9.21 Å². The van der Waals surface area contributed by atoms with Gasteiger partial charge in [0.2, 0.25) is 15.9 Å². The van der Waals surface area contributed by atoms with Gasteiger partial charge in [-0.15, -0.1) is 0 Å². The Hall–Kier alpha value is -2.65. The number of hydrogen-bond donors (Lipinski definition) is 1. The number of nitrogens with one attached hydrogen (secondary N) is 1. The Morgan fingerprint density at radius 3 is 2.60 bits per heavy atom. The molecule has 162 valence electrons. The lowest BCUT2D eigenvalue weighted by molar-refractivity contribution is -0.119. The number of rotatable bonds is 7. The van der Waals surface area contributed by atoms with E-state index in [0.717, 1.165) is 0 Å². The zero-order valence-corrected chi connectivity index (χ0v) is 18.2. The van der Waals surface area contributed by atoms with Gasteiger partial charge in [0.1, 0.15) is 6.04 Å². The molecule has 2 heterocycles. The number of anilines is 1. The molecule has 1 N–H and O–H groups in total. The Morgan fingerprint density at radius 1 is 1.23 bits per heavy atom. The molecule has 1 saturated heterocycles. The van der Waals surface area contributed by atoms with Crippen molar-refractivity contribution in [1.29, 1.82) is 0 Å². The second-order valence-corrected chi connectivity index (χ2v) is 9.10. The highest BCUT2D eigenvalue weighted by Crippen LogP contribution is 2.26. The maximum atomic E-state index is 12.9. The summed E-state index contributed by atoms with van der Waals surface area (Å²) in [6, 6.07) is 7.39. The Balaban J connectivity index is 1.81. The average molecular weight is 434 g/mol. The SMILES string of the molecule is CCN(CC)S(=O)(=O)c1cc(NC(=O)[C@@H]2CCCN2C(=O)c2ccco2)ccc1C. The van der Waals surface area contributed by atoms with Gasteiger partial charge in [0.05, 0.1) is 11.2 Å². The first-order chi connectivity index (χ1) is 14.3. The zero-order chi connectivity index (χ0) is 21.9. The van der Waals surface area contributed by atoms with Crippen LogP contribution in [0.1, 0.15) is 42.8 Å². The molecule has 0 bridgehead atoms. The molecule has 2 aromatic rings. The lowest BCUT2D eigenvalue weighted by Crippen LogP contribution is -2.43. The highest BCUT2D eigenvalue weighted by molar-refractivity contribution is 7.89. The van der Waals surface area contributed by atoms with Crippen LogP contribution in [0.25, 0.3) is 0 Å². The van der Waals surface area contributed by atoms with Gasteiger partial charge in [0.15, 0.2) is 5.76 Å². The summed E-state index contributed by atoms with van der Waals surface area (Å²) in [5.41, 5.74) is 0.990. The van der Waals surface area contributed by atoms with Crippen LogP contribution in [0.4, 0.5) is 5.69 Å². The van der Waals surface area contributed by atoms with Gasteiger partial charge < -0.3 is 14.6 Å². The van der Waals surface area contributed by atoms with Crippen LogP contribution >= 0.6 is 0 Å². The Bertz CT molecular complexity index is 1010. The van der Waals surface area contributed by atoms with E-state index in [1.165, 1.54) is 21.5 Å². The fraction of sp³-hybridized carbons (Fsp3) is 0.429. The van der Waals surface area contributed by atoms with E-state index in [0.29, 0.717) is 43.7 Å². The first-order valence-corrected chi connectivity index (χ1v) is 11.5. The molecule has 0 unspecified atom stereocenters. The van der Waals surface area contributed by atoms with Gasteiger partial charge in [-0.05, 0) is 49.6 Å². The molecule has 0 spiro atoms. The third-order valence-electron chi connectivity index (χ3n) is 5.33. The van der Waals surface area contributed by atoms with Gasteiger partial charge in [-0.2, -0.15) is 4.31 Å². The molecular formula is C21H27N3O5S. The number of hydrogen-bond acceptors (Lipinski definition) is 5. The van der Waals surface area contributed by atoms with Crippen molar-refractivity contribution < 1.29 is 22.4 Å². The molecule has 3 rings (SSSR count). The predicted octanol–water partition coefficient (Wildman–Crippen LogP) is 2.86. The number of benzene rings is 1. The lowest BCUT2D eigenvalue weighted by atomic mass is 10.1. The van der Waals surface area contributed by atoms with E-state index < -0.39 is 16.1 Å². The van der Waals surface area contributed by atoms with Crippen LogP contribution in [0.3, 0.4) is 0 Å². The molecule has 0 aliphatic carbocycles. The number of amides is 2. The largest absolute Gasteiger partial charge is 0.459 e. The van der Waals surface area contributed by atoms with E-state index in [-0.39, 0.29) is 22.5 Å². The van der Waals surface area contributed by atoms with Crippen LogP contribution in [-0.4, -0.2) is 55.1 Å². The Kier molecular flexibility index (Phi) is 6.62. The van der Waals surface area contributed by atoms with Crippen LogP contribution in [0.2, 0.25) is 0 Å². The molecule has 1 aromatic carbocycles. The van der Waals surface area contributed by atoms with E-state index in [1.54, 1.807) is 45.0 Å². The summed E-state index contributed by atoms with van der Waals surface area (Å²) >= 11 is 0. The van der Waals surface area contributed by atoms with Crippen LogP contribution in [-0.2, 0) is 14.8 Å². The summed E-state index contributed by atoms with van der Waals surface area (Å²) in [4.78, 5) is 27.2. The van der Waals surface area contributed by atoms with E-state index in [4.69, 9.17) is 4.42 Å². The van der Waals surface area contributed by atoms with Crippen molar-refractivity contribution in [2.24, 2.45) is 0 Å². The summed E-state index contributed by atoms with van der Waals surface area (Å²) in [6.07, 6.45) is 2.66. The van der Waals surface area contributed by atoms with Gasteiger partial charge in [-0.25, -0.2) is 8.42 Å². The summed E-state index contributed by atoms with van der Waals surface area (Å²) in [7, 11) is -3.66. The summed E-state index contributed by atoms with van der Waals surface area (Å²) < 4.78 is 32.4. The van der Waals surface area contributed by atoms with Gasteiger partial charge in [-0.3, -0.25) is 9.59 Å². The van der Waals surface area contributed by atoms with Crippen molar-refractivity contribution >= 4 is 27.5 Å². The van der Waals surface area contributed by atoms with Crippen molar-refractivity contribution in [3.05, 3.63) is 47.9 Å². The van der Waals surface area contributed by atoms with Crippen LogP contribution in [0.15, 0.2) is 45.9 Å². The molecule has 1 fully saturated rings. The minimum Gasteiger partial charge on any atom is -0.459 e. The third-order valence-corrected chi connectivity index (χ3v) is 7.52. The lowest BCUT2D eigenvalue weighted by Gasteiger charge is -2.23. The Morgan fingerprint density at radius 2 is 1.97 bits per heavy atom. The molecule has 2 amide bonds. The van der Waals surface area contributed by atoms with Crippen molar-refractivity contribution in [3.8, 4) is 0 Å². The number of sulfonamides is 1. The van der Waals surface area contributed by atoms with Crippen molar-refractivity contribution in [2.45, 2.75) is 44.6 Å². The second-order valence-electron chi connectivity index (χ2n) is 7.19. The summed E-state index contributed by atoms with van der Waals surface area (Å²) in [6.45, 7) is 6.48. The topological polar surface area (TPSA) is 99.9 Å². The number of carbonyl (C=O) groups excluding carboxylic acids is 2. The first kappa shape index (κ1) is 22.0. The molecule has 1 atom stereocenters. The van der Waals surface area contributed by atoms with E-state index in [1.807, 2.05) is 0 Å². The smallest absolute Gasteiger partial charge is 0.290 e. The van der Waals surface area contributed by atoms with Crippen LogP contribution < -0.4 is 5.32 Å². The highest BCUT2D eigenvalue weighted by atomic mass is 32.2. The second kappa shape index (κ2) is 9.01. The fourth-order valence-electron chi connectivity index (χ4n) is 3.71. The van der Waals surface area contributed by atoms with Crippen molar-refractivity contribution in [2.75, 3.05) is 25.0 Å². The quantitative estimate of drug-likeness (QED) is 0.724. The number of likely N-dealkylation sites (tertiary alicyclic amines) is 1. The van der Waals surface area contributed by atoms with E-state index in [9.17, 15) is 18.0 Å². The number of nitrogens with zero attached hydrogens (tertiary/aromatic N) is 2. The maximum Gasteiger partial charge on any atom is 0.290 e. The standard InChI is InChI=1S/C21H27N3O5S/c1-4-23(5-2)30(27,28)19-14-16(11-10-15(19)3)22-20(25)17-8-6-12-24(17)21(26)18-9-7-13-29-18/h7,9-11,13-14,17H,4-6,8,12H2,1-3H3,(H,22,25)/t17-/m0/s1. The molecule has 30 heavy (non-hydrogen) atoms.